The Balaban J connectivity index is 1.62. The number of para-hydroxylation sites is 1. The minimum absolute atomic E-state index is 0.0342. The summed E-state index contributed by atoms with van der Waals surface area (Å²) in [4.78, 5) is 24.2. The van der Waals surface area contributed by atoms with E-state index in [1.54, 1.807) is 13.3 Å². The summed E-state index contributed by atoms with van der Waals surface area (Å²) in [6.07, 6.45) is 3.84. The Bertz CT molecular complexity index is 937. The van der Waals surface area contributed by atoms with Gasteiger partial charge in [-0.05, 0) is 44.0 Å². The van der Waals surface area contributed by atoms with Crippen molar-refractivity contribution in [2.45, 2.75) is 31.8 Å². The molecular formula is C21H21N3O2S. The Morgan fingerprint density at radius 1 is 1.22 bits per heavy atom. The fraction of sp³-hybridized carbons (Fsp3) is 0.286. The molecule has 0 spiro atoms. The maximum Gasteiger partial charge on any atom is 0.274 e. The number of hydrogen-bond acceptors (Lipinski definition) is 5. The molecule has 0 N–H and O–H groups in total. The molecular weight excluding hydrogens is 358 g/mol. The lowest BCUT2D eigenvalue weighted by Crippen LogP contribution is -2.36. The molecule has 0 radical (unpaired) electrons. The molecule has 1 aliphatic carbocycles. The summed E-state index contributed by atoms with van der Waals surface area (Å²) in [6, 6.07) is 13.7. The molecule has 6 heteroatoms. The Hall–Kier alpha value is -2.73. The van der Waals surface area contributed by atoms with Crippen LogP contribution in [0.3, 0.4) is 0 Å². The predicted octanol–water partition coefficient (Wildman–Crippen LogP) is 4.58. The molecule has 1 atom stereocenters. The van der Waals surface area contributed by atoms with E-state index in [4.69, 9.17) is 4.74 Å². The quantitative estimate of drug-likeness (QED) is 0.629. The molecule has 1 aromatic carbocycles. The van der Waals surface area contributed by atoms with Crippen LogP contribution in [0.25, 0.3) is 10.6 Å². The molecule has 4 rings (SSSR count). The lowest BCUT2D eigenvalue weighted by Gasteiger charge is -2.28. The van der Waals surface area contributed by atoms with Crippen molar-refractivity contribution < 1.29 is 9.53 Å². The Morgan fingerprint density at radius 3 is 2.70 bits per heavy atom. The Morgan fingerprint density at radius 2 is 2.00 bits per heavy atom. The third-order valence-electron chi connectivity index (χ3n) is 4.77. The number of hydrogen-bond donors (Lipinski definition) is 0. The lowest BCUT2D eigenvalue weighted by atomic mass is 10.1. The molecule has 0 saturated heterocycles. The first kappa shape index (κ1) is 17.7. The van der Waals surface area contributed by atoms with E-state index in [2.05, 4.69) is 9.97 Å². The second kappa shape index (κ2) is 7.48. The van der Waals surface area contributed by atoms with Gasteiger partial charge >= 0.3 is 0 Å². The van der Waals surface area contributed by atoms with Crippen molar-refractivity contribution in [3.63, 3.8) is 0 Å². The van der Waals surface area contributed by atoms with Crippen molar-refractivity contribution in [3.8, 4) is 16.3 Å². The van der Waals surface area contributed by atoms with Gasteiger partial charge in [0.2, 0.25) is 0 Å². The van der Waals surface area contributed by atoms with Crippen LogP contribution in [0.5, 0.6) is 5.75 Å². The minimum atomic E-state index is -0.0809. The van der Waals surface area contributed by atoms with Gasteiger partial charge < -0.3 is 9.64 Å². The van der Waals surface area contributed by atoms with E-state index in [9.17, 15) is 4.79 Å². The van der Waals surface area contributed by atoms with Gasteiger partial charge in [-0.15, -0.1) is 11.3 Å². The van der Waals surface area contributed by atoms with Gasteiger partial charge in [0.05, 0.1) is 24.4 Å². The summed E-state index contributed by atoms with van der Waals surface area (Å²) in [5.41, 5.74) is 2.29. The molecule has 1 saturated carbocycles. The largest absolute Gasteiger partial charge is 0.496 e. The van der Waals surface area contributed by atoms with Crippen molar-refractivity contribution in [2.75, 3.05) is 7.11 Å². The van der Waals surface area contributed by atoms with Crippen molar-refractivity contribution >= 4 is 17.2 Å². The topological polar surface area (TPSA) is 55.3 Å². The summed E-state index contributed by atoms with van der Waals surface area (Å²) in [5, 5.41) is 2.63. The van der Waals surface area contributed by atoms with Gasteiger partial charge in [0.1, 0.15) is 16.5 Å². The number of aromatic nitrogens is 2. The highest BCUT2D eigenvalue weighted by atomic mass is 32.1. The summed E-state index contributed by atoms with van der Waals surface area (Å²) in [6.45, 7) is 2.03. The average molecular weight is 379 g/mol. The van der Waals surface area contributed by atoms with Crippen molar-refractivity contribution in [1.82, 2.24) is 14.9 Å². The molecule has 1 fully saturated rings. The number of methoxy groups -OCH3 is 1. The van der Waals surface area contributed by atoms with Gasteiger partial charge in [-0.2, -0.15) is 0 Å². The van der Waals surface area contributed by atoms with Gasteiger partial charge in [-0.3, -0.25) is 9.78 Å². The summed E-state index contributed by atoms with van der Waals surface area (Å²) in [5.74, 6) is 0.722. The zero-order valence-corrected chi connectivity index (χ0v) is 16.1. The van der Waals surface area contributed by atoms with Crippen LogP contribution in [0.1, 0.15) is 42.0 Å². The van der Waals surface area contributed by atoms with Gasteiger partial charge in [0.15, 0.2) is 0 Å². The molecule has 1 aliphatic rings. The van der Waals surface area contributed by atoms with Gasteiger partial charge in [-0.25, -0.2) is 4.98 Å². The molecule has 1 amide bonds. The van der Waals surface area contributed by atoms with Crippen molar-refractivity contribution in [2.24, 2.45) is 0 Å². The molecule has 0 aliphatic heterocycles. The zero-order valence-electron chi connectivity index (χ0n) is 15.3. The molecule has 27 heavy (non-hydrogen) atoms. The molecule has 138 valence electrons. The SMILES string of the molecule is COc1ccccc1-c1nc(C(=O)N(C2CC2)C(C)c2ccccn2)cs1. The first-order valence-corrected chi connectivity index (χ1v) is 9.89. The number of carbonyl (C=O) groups excluding carboxylic acids is 1. The number of carbonyl (C=O) groups is 1. The Kier molecular flexibility index (Phi) is 4.90. The molecule has 3 aromatic rings. The first-order valence-electron chi connectivity index (χ1n) is 9.01. The Labute approximate surface area is 162 Å². The van der Waals surface area contributed by atoms with Crippen LogP contribution < -0.4 is 4.74 Å². The van der Waals surface area contributed by atoms with Gasteiger partial charge in [0.25, 0.3) is 5.91 Å². The standard InChI is InChI=1S/C21H21N3O2S/c1-14(17-8-5-6-12-22-17)24(15-10-11-15)21(25)18-13-27-20(23-18)16-7-3-4-9-19(16)26-2/h3-9,12-15H,10-11H2,1-2H3. The highest BCUT2D eigenvalue weighted by molar-refractivity contribution is 7.13. The van der Waals surface area contributed by atoms with E-state index >= 15 is 0 Å². The highest BCUT2D eigenvalue weighted by Crippen LogP contribution is 2.37. The van der Waals surface area contributed by atoms with E-state index in [-0.39, 0.29) is 18.0 Å². The van der Waals surface area contributed by atoms with Crippen LogP contribution in [-0.4, -0.2) is 33.9 Å². The maximum atomic E-state index is 13.3. The third-order valence-corrected chi connectivity index (χ3v) is 5.64. The number of amides is 1. The van der Waals surface area contributed by atoms with Crippen LogP contribution in [0.2, 0.25) is 0 Å². The number of benzene rings is 1. The molecule has 2 aromatic heterocycles. The van der Waals surface area contributed by atoms with Crippen LogP contribution in [0.15, 0.2) is 54.0 Å². The van der Waals surface area contributed by atoms with E-state index in [0.717, 1.165) is 34.9 Å². The van der Waals surface area contributed by atoms with Crippen LogP contribution in [-0.2, 0) is 0 Å². The summed E-state index contributed by atoms with van der Waals surface area (Å²) >= 11 is 1.46. The van der Waals surface area contributed by atoms with E-state index < -0.39 is 0 Å². The second-order valence-electron chi connectivity index (χ2n) is 6.61. The van der Waals surface area contributed by atoms with Crippen molar-refractivity contribution in [1.29, 1.82) is 0 Å². The fourth-order valence-corrected chi connectivity index (χ4v) is 4.05. The average Bonchev–Trinajstić information content (AvgIpc) is 3.43. The smallest absolute Gasteiger partial charge is 0.274 e. The number of thiazole rings is 1. The third kappa shape index (κ3) is 3.57. The monoisotopic (exact) mass is 379 g/mol. The molecule has 2 heterocycles. The minimum Gasteiger partial charge on any atom is -0.496 e. The lowest BCUT2D eigenvalue weighted by molar-refractivity contribution is 0.0665. The first-order chi connectivity index (χ1) is 13.2. The second-order valence-corrected chi connectivity index (χ2v) is 7.47. The van der Waals surface area contributed by atoms with Crippen molar-refractivity contribution in [3.05, 3.63) is 65.4 Å². The van der Waals surface area contributed by atoms with Gasteiger partial charge in [-0.1, -0.05) is 18.2 Å². The van der Waals surface area contributed by atoms with Crippen LogP contribution in [0.4, 0.5) is 0 Å². The predicted molar refractivity (Wildman–Crippen MR) is 106 cm³/mol. The van der Waals surface area contributed by atoms with Crippen LogP contribution >= 0.6 is 11.3 Å². The highest BCUT2D eigenvalue weighted by Gasteiger charge is 2.38. The zero-order chi connectivity index (χ0) is 18.8. The summed E-state index contributed by atoms with van der Waals surface area (Å²) < 4.78 is 5.42. The van der Waals surface area contributed by atoms with E-state index in [0.29, 0.717) is 5.69 Å². The number of ether oxygens (including phenoxy) is 1. The number of rotatable bonds is 6. The van der Waals surface area contributed by atoms with E-state index in [1.165, 1.54) is 11.3 Å². The normalized spacial score (nSPS) is 14.6. The van der Waals surface area contributed by atoms with Gasteiger partial charge in [0, 0.05) is 17.6 Å². The molecule has 1 unspecified atom stereocenters. The molecule has 5 nitrogen and oxygen atoms in total. The number of nitrogens with zero attached hydrogens (tertiary/aromatic N) is 3. The fourth-order valence-electron chi connectivity index (χ4n) is 3.23. The van der Waals surface area contributed by atoms with E-state index in [1.807, 2.05) is 59.7 Å². The number of pyridine rings is 1. The van der Waals surface area contributed by atoms with Crippen LogP contribution in [0, 0.1) is 0 Å². The maximum absolute atomic E-state index is 13.3. The molecule has 0 bridgehead atoms. The summed E-state index contributed by atoms with van der Waals surface area (Å²) in [7, 11) is 1.64.